The number of Topliss-reactive ketones (excluding diaryl/α,β-unsaturated/α-hetero) is 1. The molecule has 0 amide bonds. The van der Waals surface area contributed by atoms with Gasteiger partial charge in [-0.15, -0.1) is 0 Å². The Morgan fingerprint density at radius 3 is 2.42 bits per heavy atom. The summed E-state index contributed by atoms with van der Waals surface area (Å²) >= 11 is 1.57. The molecule has 1 heterocycles. The molecule has 0 fully saturated rings. The van der Waals surface area contributed by atoms with Crippen molar-refractivity contribution >= 4 is 29.5 Å². The van der Waals surface area contributed by atoms with Crippen LogP contribution in [0, 0.1) is 0 Å². The molecule has 31 heavy (non-hydrogen) atoms. The van der Waals surface area contributed by atoms with E-state index in [1.807, 2.05) is 42.5 Å². The Bertz CT molecular complexity index is 947. The quantitative estimate of drug-likeness (QED) is 0.476. The molecule has 1 aliphatic rings. The maximum absolute atomic E-state index is 12.4. The molecular weight excluding hydrogens is 416 g/mol. The first-order chi connectivity index (χ1) is 14.7. The van der Waals surface area contributed by atoms with E-state index >= 15 is 0 Å². The first kappa shape index (κ1) is 24.6. The number of rotatable bonds is 7. The number of carboxylic acids is 2. The smallest absolute Gasteiger partial charge is 0.320 e. The Morgan fingerprint density at radius 1 is 1.06 bits per heavy atom. The fourth-order valence-corrected chi connectivity index (χ4v) is 4.13. The highest BCUT2D eigenvalue weighted by Crippen LogP contribution is 2.38. The Kier molecular flexibility index (Phi) is 9.23. The van der Waals surface area contributed by atoms with Crippen molar-refractivity contribution in [3.05, 3.63) is 59.2 Å². The number of hydrogen-bond acceptors (Lipinski definition) is 6. The van der Waals surface area contributed by atoms with E-state index in [0.29, 0.717) is 19.4 Å². The molecule has 0 saturated heterocycles. The van der Waals surface area contributed by atoms with Gasteiger partial charge in [-0.1, -0.05) is 48.5 Å². The minimum atomic E-state index is -0.933. The SMILES string of the molecule is CC(C(=O)O)c1ccc2c(c1)CC(=O)c1ccccc1S2.NCCCCC(N)C(=O)O. The number of hydrogen-bond donors (Lipinski definition) is 4. The van der Waals surface area contributed by atoms with E-state index in [1.54, 1.807) is 18.7 Å². The van der Waals surface area contributed by atoms with Crippen LogP contribution in [0.15, 0.2) is 52.3 Å². The number of carboxylic acid groups (broad SMARTS) is 2. The summed E-state index contributed by atoms with van der Waals surface area (Å²) in [6.07, 6.45) is 2.48. The lowest BCUT2D eigenvalue weighted by Gasteiger charge is -2.11. The van der Waals surface area contributed by atoms with Gasteiger partial charge in [0.05, 0.1) is 5.92 Å². The number of ketones is 1. The van der Waals surface area contributed by atoms with E-state index in [4.69, 9.17) is 21.7 Å². The minimum Gasteiger partial charge on any atom is -0.481 e. The first-order valence-electron chi connectivity index (χ1n) is 10.1. The Hall–Kier alpha value is -2.68. The lowest BCUT2D eigenvalue weighted by atomic mass is 9.96. The molecule has 0 saturated carbocycles. The molecule has 2 aromatic rings. The van der Waals surface area contributed by atoms with Crippen LogP contribution in [0.25, 0.3) is 0 Å². The van der Waals surface area contributed by atoms with Crippen molar-refractivity contribution in [2.45, 2.75) is 54.4 Å². The number of fused-ring (bicyclic) bond motifs is 2. The van der Waals surface area contributed by atoms with E-state index in [0.717, 1.165) is 39.3 Å². The summed E-state index contributed by atoms with van der Waals surface area (Å²) in [5, 5.41) is 17.4. The second-order valence-electron chi connectivity index (χ2n) is 7.35. The fourth-order valence-electron chi connectivity index (χ4n) is 3.05. The van der Waals surface area contributed by atoms with Gasteiger partial charge in [0.2, 0.25) is 0 Å². The monoisotopic (exact) mass is 444 g/mol. The van der Waals surface area contributed by atoms with Crippen LogP contribution in [-0.2, 0) is 16.0 Å². The third-order valence-electron chi connectivity index (χ3n) is 5.00. The maximum Gasteiger partial charge on any atom is 0.320 e. The largest absolute Gasteiger partial charge is 0.481 e. The lowest BCUT2D eigenvalue weighted by Crippen LogP contribution is -2.29. The van der Waals surface area contributed by atoms with Gasteiger partial charge in [-0.3, -0.25) is 14.4 Å². The molecule has 8 heteroatoms. The Morgan fingerprint density at radius 2 is 1.77 bits per heavy atom. The Balaban J connectivity index is 0.000000291. The molecule has 0 aliphatic carbocycles. The zero-order chi connectivity index (χ0) is 23.0. The molecule has 1 aliphatic heterocycles. The molecular formula is C23H28N2O5S. The number of carbonyl (C=O) groups excluding carboxylic acids is 1. The van der Waals surface area contributed by atoms with Gasteiger partial charge in [0, 0.05) is 21.8 Å². The highest BCUT2D eigenvalue weighted by Gasteiger charge is 2.22. The van der Waals surface area contributed by atoms with Gasteiger partial charge in [0.1, 0.15) is 6.04 Å². The predicted octanol–water partition coefficient (Wildman–Crippen LogP) is 3.29. The second kappa shape index (κ2) is 11.6. The lowest BCUT2D eigenvalue weighted by molar-refractivity contribution is -0.139. The van der Waals surface area contributed by atoms with E-state index in [1.165, 1.54) is 0 Å². The average molecular weight is 445 g/mol. The van der Waals surface area contributed by atoms with Crippen LogP contribution in [0.4, 0.5) is 0 Å². The molecule has 0 spiro atoms. The summed E-state index contributed by atoms with van der Waals surface area (Å²) in [7, 11) is 0. The van der Waals surface area contributed by atoms with Gasteiger partial charge in [-0.05, 0) is 49.6 Å². The van der Waals surface area contributed by atoms with Gasteiger partial charge < -0.3 is 21.7 Å². The van der Waals surface area contributed by atoms with E-state index in [-0.39, 0.29) is 5.78 Å². The molecule has 2 unspecified atom stereocenters. The molecule has 0 radical (unpaired) electrons. The van der Waals surface area contributed by atoms with Gasteiger partial charge in [0.15, 0.2) is 5.78 Å². The maximum atomic E-state index is 12.4. The van der Waals surface area contributed by atoms with E-state index < -0.39 is 23.9 Å². The molecule has 6 N–H and O–H groups in total. The minimum absolute atomic E-state index is 0.0805. The highest BCUT2D eigenvalue weighted by molar-refractivity contribution is 7.99. The molecule has 2 aromatic carbocycles. The van der Waals surface area contributed by atoms with Gasteiger partial charge in [-0.2, -0.15) is 0 Å². The van der Waals surface area contributed by atoms with Gasteiger partial charge >= 0.3 is 11.9 Å². The summed E-state index contributed by atoms with van der Waals surface area (Å²) in [6, 6.07) is 12.5. The van der Waals surface area contributed by atoms with Crippen LogP contribution in [0.3, 0.4) is 0 Å². The standard InChI is InChI=1S/C17H14O3S.C6H14N2O2/c1-10(17(19)20)11-6-7-15-12(8-11)9-14(18)13-4-2-3-5-16(13)21-15;7-4-2-1-3-5(8)6(9)10/h2-8,10H,9H2,1H3,(H,19,20);5H,1-4,7-8H2,(H,9,10). The summed E-state index contributed by atoms with van der Waals surface area (Å²) in [4.78, 5) is 35.6. The number of aliphatic carboxylic acids is 2. The van der Waals surface area contributed by atoms with E-state index in [9.17, 15) is 14.4 Å². The van der Waals surface area contributed by atoms with Crippen LogP contribution in [-0.4, -0.2) is 40.5 Å². The van der Waals surface area contributed by atoms with Crippen molar-refractivity contribution < 1.29 is 24.6 Å². The summed E-state index contributed by atoms with van der Waals surface area (Å²) in [5.41, 5.74) is 12.8. The number of benzene rings is 2. The van der Waals surface area contributed by atoms with E-state index in [2.05, 4.69) is 0 Å². The third kappa shape index (κ3) is 6.92. The third-order valence-corrected chi connectivity index (χ3v) is 6.19. The van der Waals surface area contributed by atoms with Crippen LogP contribution in [0.1, 0.15) is 53.6 Å². The topological polar surface area (TPSA) is 144 Å². The van der Waals surface area contributed by atoms with Gasteiger partial charge in [-0.25, -0.2) is 0 Å². The summed E-state index contributed by atoms with van der Waals surface area (Å²) in [5.74, 6) is -2.28. The molecule has 2 atom stereocenters. The van der Waals surface area contributed by atoms with Crippen molar-refractivity contribution in [1.82, 2.24) is 0 Å². The Labute approximate surface area is 185 Å². The zero-order valence-corrected chi connectivity index (χ0v) is 18.2. The number of nitrogens with two attached hydrogens (primary N) is 2. The number of unbranched alkanes of at least 4 members (excludes halogenated alkanes) is 1. The molecule has 0 bridgehead atoms. The van der Waals surface area contributed by atoms with Crippen molar-refractivity contribution in [1.29, 1.82) is 0 Å². The molecule has 0 aromatic heterocycles. The van der Waals surface area contributed by atoms with Gasteiger partial charge in [0.25, 0.3) is 0 Å². The van der Waals surface area contributed by atoms with Crippen LogP contribution in [0.2, 0.25) is 0 Å². The van der Waals surface area contributed by atoms with Crippen LogP contribution < -0.4 is 11.5 Å². The molecule has 7 nitrogen and oxygen atoms in total. The van der Waals surface area contributed by atoms with Crippen LogP contribution >= 0.6 is 11.8 Å². The molecule has 3 rings (SSSR count). The summed E-state index contributed by atoms with van der Waals surface area (Å²) in [6.45, 7) is 2.26. The van der Waals surface area contributed by atoms with Crippen molar-refractivity contribution in [2.75, 3.05) is 6.54 Å². The predicted molar refractivity (Wildman–Crippen MR) is 120 cm³/mol. The highest BCUT2D eigenvalue weighted by atomic mass is 32.2. The van der Waals surface area contributed by atoms with Crippen molar-refractivity contribution in [3.8, 4) is 0 Å². The summed E-state index contributed by atoms with van der Waals surface area (Å²) < 4.78 is 0. The normalized spacial score (nSPS) is 14.2. The zero-order valence-electron chi connectivity index (χ0n) is 17.4. The van der Waals surface area contributed by atoms with Crippen molar-refractivity contribution in [2.24, 2.45) is 11.5 Å². The second-order valence-corrected chi connectivity index (χ2v) is 8.44. The first-order valence-corrected chi connectivity index (χ1v) is 10.9. The van der Waals surface area contributed by atoms with Crippen LogP contribution in [0.5, 0.6) is 0 Å². The fraction of sp³-hybridized carbons (Fsp3) is 0.348. The average Bonchev–Trinajstić information content (AvgIpc) is 2.88. The number of carbonyl (C=O) groups is 3. The van der Waals surface area contributed by atoms with Crippen molar-refractivity contribution in [3.63, 3.8) is 0 Å². The molecule has 166 valence electrons.